The van der Waals surface area contributed by atoms with Crippen molar-refractivity contribution < 1.29 is 13.6 Å². The maximum Gasteiger partial charge on any atom is 0.223 e. The monoisotopic (exact) mass is 346 g/mol. The van der Waals surface area contributed by atoms with E-state index in [1.54, 1.807) is 18.2 Å². The number of rotatable bonds is 9. The molecular weight excluding hydrogens is 319 g/mol. The van der Waals surface area contributed by atoms with Crippen LogP contribution in [0.5, 0.6) is 0 Å². The van der Waals surface area contributed by atoms with Gasteiger partial charge in [-0.15, -0.1) is 0 Å². The number of carbonyl (C=O) groups excluding carboxylic acids is 1. The summed E-state index contributed by atoms with van der Waals surface area (Å²) in [6.07, 6.45) is 5.30. The number of benzene rings is 1. The molecule has 4 nitrogen and oxygen atoms in total. The van der Waals surface area contributed by atoms with Gasteiger partial charge in [-0.1, -0.05) is 32.4 Å². The molecule has 1 amide bonds. The summed E-state index contributed by atoms with van der Waals surface area (Å²) >= 11 is 0. The second-order valence-corrected chi connectivity index (χ2v) is 6.30. The Morgan fingerprint density at radius 2 is 2.08 bits per heavy atom. The van der Waals surface area contributed by atoms with Crippen LogP contribution in [0.15, 0.2) is 34.9 Å². The maximum absolute atomic E-state index is 13.8. The highest BCUT2D eigenvalue weighted by atomic mass is 19.1. The quantitative estimate of drug-likeness (QED) is 0.652. The minimum atomic E-state index is -0.344. The molecule has 0 fully saturated rings. The third kappa shape index (κ3) is 5.15. The van der Waals surface area contributed by atoms with E-state index >= 15 is 0 Å². The lowest BCUT2D eigenvalue weighted by molar-refractivity contribution is -0.133. The minimum absolute atomic E-state index is 0.119. The number of unbranched alkanes of at least 4 members (excludes halogenated alkanes) is 1. The van der Waals surface area contributed by atoms with Crippen molar-refractivity contribution in [2.45, 2.75) is 58.9 Å². The molecular formula is C20H27FN2O2. The van der Waals surface area contributed by atoms with Crippen molar-refractivity contribution in [1.29, 1.82) is 0 Å². The van der Waals surface area contributed by atoms with Crippen LogP contribution in [0.2, 0.25) is 0 Å². The van der Waals surface area contributed by atoms with Gasteiger partial charge in [-0.2, -0.15) is 0 Å². The second kappa shape index (κ2) is 9.35. The predicted octanol–water partition coefficient (Wildman–Crippen LogP) is 4.84. The van der Waals surface area contributed by atoms with Crippen LogP contribution >= 0.6 is 0 Å². The minimum Gasteiger partial charge on any atom is -0.441 e. The number of carbonyl (C=O) groups is 1. The van der Waals surface area contributed by atoms with Gasteiger partial charge in [0.05, 0.1) is 11.8 Å². The van der Waals surface area contributed by atoms with E-state index in [1.165, 1.54) is 12.3 Å². The highest BCUT2D eigenvalue weighted by Gasteiger charge is 2.19. The van der Waals surface area contributed by atoms with E-state index in [0.29, 0.717) is 30.1 Å². The Bertz CT molecular complexity index is 684. The van der Waals surface area contributed by atoms with E-state index in [-0.39, 0.29) is 17.8 Å². The van der Waals surface area contributed by atoms with Gasteiger partial charge < -0.3 is 9.32 Å². The lowest BCUT2D eigenvalue weighted by Crippen LogP contribution is -2.39. The van der Waals surface area contributed by atoms with Crippen molar-refractivity contribution in [3.05, 3.63) is 42.2 Å². The van der Waals surface area contributed by atoms with Crippen molar-refractivity contribution in [3.63, 3.8) is 0 Å². The van der Waals surface area contributed by atoms with Crippen molar-refractivity contribution in [2.75, 3.05) is 6.54 Å². The zero-order valence-electron chi connectivity index (χ0n) is 15.3. The fraction of sp³-hybridized carbons (Fsp3) is 0.500. The summed E-state index contributed by atoms with van der Waals surface area (Å²) in [5.41, 5.74) is 0.386. The molecule has 5 heteroatoms. The zero-order valence-corrected chi connectivity index (χ0v) is 15.3. The number of aromatic nitrogens is 1. The smallest absolute Gasteiger partial charge is 0.223 e. The molecule has 0 aliphatic heterocycles. The van der Waals surface area contributed by atoms with Crippen LogP contribution in [0.4, 0.5) is 4.39 Å². The number of aryl methyl sites for hydroxylation is 1. The Kier molecular flexibility index (Phi) is 7.16. The number of hydrogen-bond acceptors (Lipinski definition) is 3. The normalized spacial score (nSPS) is 12.2. The summed E-state index contributed by atoms with van der Waals surface area (Å²) in [6.45, 7) is 7.08. The van der Waals surface area contributed by atoms with Crippen molar-refractivity contribution >= 4 is 5.91 Å². The first-order valence-electron chi connectivity index (χ1n) is 9.05. The lowest BCUT2D eigenvalue weighted by atomic mass is 10.1. The predicted molar refractivity (Wildman–Crippen MR) is 96.6 cm³/mol. The Hall–Kier alpha value is -2.17. The highest BCUT2D eigenvalue weighted by Crippen LogP contribution is 2.23. The number of oxazole rings is 1. The summed E-state index contributed by atoms with van der Waals surface area (Å²) in [5.74, 6) is 0.633. The van der Waals surface area contributed by atoms with Gasteiger partial charge in [-0.3, -0.25) is 4.79 Å². The number of nitrogens with zero attached hydrogens (tertiary/aromatic N) is 2. The molecule has 0 N–H and O–H groups in total. The summed E-state index contributed by atoms with van der Waals surface area (Å²) in [5, 5.41) is 0. The van der Waals surface area contributed by atoms with E-state index in [4.69, 9.17) is 4.42 Å². The fourth-order valence-electron chi connectivity index (χ4n) is 2.71. The van der Waals surface area contributed by atoms with Gasteiger partial charge in [0, 0.05) is 25.4 Å². The first-order chi connectivity index (χ1) is 12.1. The molecule has 2 rings (SSSR count). The summed E-state index contributed by atoms with van der Waals surface area (Å²) in [4.78, 5) is 18.7. The average Bonchev–Trinajstić information content (AvgIpc) is 3.09. The molecule has 0 radical (unpaired) electrons. The van der Waals surface area contributed by atoms with Crippen molar-refractivity contribution in [2.24, 2.45) is 0 Å². The number of amides is 1. The highest BCUT2D eigenvalue weighted by molar-refractivity contribution is 5.76. The van der Waals surface area contributed by atoms with Gasteiger partial charge in [0.15, 0.2) is 11.7 Å². The van der Waals surface area contributed by atoms with Crippen LogP contribution < -0.4 is 0 Å². The molecule has 136 valence electrons. The molecule has 0 saturated heterocycles. The molecule has 1 aromatic heterocycles. The molecule has 1 aromatic carbocycles. The zero-order chi connectivity index (χ0) is 18.2. The Morgan fingerprint density at radius 1 is 1.32 bits per heavy atom. The Labute approximate surface area is 149 Å². The van der Waals surface area contributed by atoms with Gasteiger partial charge in [-0.05, 0) is 31.9 Å². The molecule has 0 saturated carbocycles. The SMILES string of the molecule is CCCCN(C(=O)CCc1ncc(-c2ccccc2F)o1)C(C)CC. The van der Waals surface area contributed by atoms with E-state index in [0.717, 1.165) is 25.8 Å². The molecule has 0 bridgehead atoms. The average molecular weight is 346 g/mol. The van der Waals surface area contributed by atoms with Crippen LogP contribution in [0.25, 0.3) is 11.3 Å². The van der Waals surface area contributed by atoms with E-state index in [9.17, 15) is 9.18 Å². The molecule has 0 aliphatic carbocycles. The molecule has 0 aliphatic rings. The van der Waals surface area contributed by atoms with Crippen LogP contribution in [0.1, 0.15) is 52.3 Å². The van der Waals surface area contributed by atoms with Gasteiger partial charge in [-0.25, -0.2) is 9.37 Å². The van der Waals surface area contributed by atoms with Gasteiger partial charge >= 0.3 is 0 Å². The third-order valence-electron chi connectivity index (χ3n) is 4.44. The molecule has 1 unspecified atom stereocenters. The Morgan fingerprint density at radius 3 is 2.76 bits per heavy atom. The maximum atomic E-state index is 13.8. The third-order valence-corrected chi connectivity index (χ3v) is 4.44. The molecule has 0 spiro atoms. The van der Waals surface area contributed by atoms with Crippen LogP contribution in [0, 0.1) is 5.82 Å². The number of halogens is 1. The van der Waals surface area contributed by atoms with Crippen LogP contribution in [-0.4, -0.2) is 28.4 Å². The van der Waals surface area contributed by atoms with Crippen molar-refractivity contribution in [3.8, 4) is 11.3 Å². The second-order valence-electron chi connectivity index (χ2n) is 6.30. The Balaban J connectivity index is 1.98. The first-order valence-corrected chi connectivity index (χ1v) is 9.05. The van der Waals surface area contributed by atoms with Crippen LogP contribution in [0.3, 0.4) is 0 Å². The standard InChI is InChI=1S/C20H27FN2O2/c1-4-6-13-23(15(3)5-2)20(24)12-11-19-22-14-18(25-19)16-9-7-8-10-17(16)21/h7-10,14-15H,4-6,11-13H2,1-3H3. The largest absolute Gasteiger partial charge is 0.441 e. The summed E-state index contributed by atoms with van der Waals surface area (Å²) < 4.78 is 19.4. The van der Waals surface area contributed by atoms with Gasteiger partial charge in [0.2, 0.25) is 5.91 Å². The van der Waals surface area contributed by atoms with Crippen molar-refractivity contribution in [1.82, 2.24) is 9.88 Å². The van der Waals surface area contributed by atoms with E-state index < -0.39 is 0 Å². The molecule has 2 aromatic rings. The lowest BCUT2D eigenvalue weighted by Gasteiger charge is -2.28. The molecule has 1 atom stereocenters. The topological polar surface area (TPSA) is 46.3 Å². The van der Waals surface area contributed by atoms with Crippen LogP contribution in [-0.2, 0) is 11.2 Å². The van der Waals surface area contributed by atoms with E-state index in [2.05, 4.69) is 25.8 Å². The van der Waals surface area contributed by atoms with Gasteiger partial charge in [0.25, 0.3) is 0 Å². The fourth-order valence-corrected chi connectivity index (χ4v) is 2.71. The summed E-state index contributed by atoms with van der Waals surface area (Å²) in [6, 6.07) is 6.66. The first kappa shape index (κ1) is 19.2. The molecule has 25 heavy (non-hydrogen) atoms. The summed E-state index contributed by atoms with van der Waals surface area (Å²) in [7, 11) is 0. The molecule has 1 heterocycles. The van der Waals surface area contributed by atoms with Gasteiger partial charge in [0.1, 0.15) is 5.82 Å². The van der Waals surface area contributed by atoms with E-state index in [1.807, 2.05) is 4.90 Å². The number of hydrogen-bond donors (Lipinski definition) is 0.